The molecule has 0 amide bonds. The van der Waals surface area contributed by atoms with Crippen molar-refractivity contribution in [1.82, 2.24) is 4.98 Å². The van der Waals surface area contributed by atoms with Crippen LogP contribution in [-0.4, -0.2) is 36.8 Å². The summed E-state index contributed by atoms with van der Waals surface area (Å²) in [7, 11) is 0. The average molecular weight is 276 g/mol. The normalized spacial score (nSPS) is 12.5. The van der Waals surface area contributed by atoms with Crippen LogP contribution in [0.1, 0.15) is 12.5 Å². The Morgan fingerprint density at radius 2 is 2.15 bits per heavy atom. The Morgan fingerprint density at radius 3 is 2.95 bits per heavy atom. The molecule has 2 aromatic rings. The zero-order chi connectivity index (χ0) is 14.4. The van der Waals surface area contributed by atoms with Gasteiger partial charge in [0.15, 0.2) is 0 Å². The van der Waals surface area contributed by atoms with E-state index in [9.17, 15) is 4.79 Å². The molecule has 0 radical (unpaired) electrons. The molecule has 0 aliphatic heterocycles. The molecule has 0 aliphatic rings. The lowest BCUT2D eigenvalue weighted by atomic mass is 10.1. The van der Waals surface area contributed by atoms with E-state index in [0.717, 1.165) is 16.5 Å². The van der Waals surface area contributed by atoms with Crippen LogP contribution in [0.15, 0.2) is 30.5 Å². The van der Waals surface area contributed by atoms with Gasteiger partial charge in [-0.2, -0.15) is 0 Å². The molecular weight excluding hydrogens is 256 g/mol. The molecule has 20 heavy (non-hydrogen) atoms. The average Bonchev–Trinajstić information content (AvgIpc) is 2.87. The quantitative estimate of drug-likeness (QED) is 0.595. The van der Waals surface area contributed by atoms with Gasteiger partial charge in [0.1, 0.15) is 12.6 Å². The number of esters is 1. The molecule has 1 heterocycles. The van der Waals surface area contributed by atoms with Gasteiger partial charge < -0.3 is 20.2 Å². The fourth-order valence-electron chi connectivity index (χ4n) is 2.07. The predicted octanol–water partition coefficient (Wildman–Crippen LogP) is 1.62. The van der Waals surface area contributed by atoms with E-state index in [0.29, 0.717) is 19.6 Å². The van der Waals surface area contributed by atoms with Gasteiger partial charge in [-0.25, -0.2) is 0 Å². The predicted molar refractivity (Wildman–Crippen MR) is 77.4 cm³/mol. The summed E-state index contributed by atoms with van der Waals surface area (Å²) in [5.74, 6) is -0.394. The molecule has 5 nitrogen and oxygen atoms in total. The van der Waals surface area contributed by atoms with Crippen LogP contribution in [-0.2, 0) is 20.7 Å². The smallest absolute Gasteiger partial charge is 0.323 e. The van der Waals surface area contributed by atoms with Crippen LogP contribution in [0.2, 0.25) is 0 Å². The largest absolute Gasteiger partial charge is 0.462 e. The maximum absolute atomic E-state index is 11.8. The van der Waals surface area contributed by atoms with E-state index >= 15 is 0 Å². The summed E-state index contributed by atoms with van der Waals surface area (Å²) in [5, 5.41) is 1.09. The minimum Gasteiger partial charge on any atom is -0.462 e. The van der Waals surface area contributed by atoms with Gasteiger partial charge in [-0.15, -0.1) is 0 Å². The molecule has 0 bridgehead atoms. The Bertz CT molecular complexity index is 565. The number of hydrogen-bond donors (Lipinski definition) is 2. The Kier molecular flexibility index (Phi) is 5.15. The molecule has 0 fully saturated rings. The Balaban J connectivity index is 1.90. The maximum atomic E-state index is 11.8. The van der Waals surface area contributed by atoms with Gasteiger partial charge in [0.2, 0.25) is 0 Å². The van der Waals surface area contributed by atoms with E-state index in [-0.39, 0.29) is 6.61 Å². The number of benzene rings is 1. The summed E-state index contributed by atoms with van der Waals surface area (Å²) < 4.78 is 10.2. The highest BCUT2D eigenvalue weighted by atomic mass is 16.6. The van der Waals surface area contributed by atoms with Crippen molar-refractivity contribution in [1.29, 1.82) is 0 Å². The molecule has 1 aromatic heterocycles. The highest BCUT2D eigenvalue weighted by Gasteiger charge is 2.17. The molecule has 2 rings (SSSR count). The second-order valence-corrected chi connectivity index (χ2v) is 4.53. The summed E-state index contributed by atoms with van der Waals surface area (Å²) in [4.78, 5) is 14.9. The van der Waals surface area contributed by atoms with Gasteiger partial charge in [0.25, 0.3) is 0 Å². The fourth-order valence-corrected chi connectivity index (χ4v) is 2.07. The van der Waals surface area contributed by atoms with Crippen molar-refractivity contribution in [3.63, 3.8) is 0 Å². The summed E-state index contributed by atoms with van der Waals surface area (Å²) in [6.45, 7) is 3.15. The second kappa shape index (κ2) is 7.07. The molecule has 0 aliphatic carbocycles. The first-order valence-electron chi connectivity index (χ1n) is 6.77. The molecule has 1 unspecified atom stereocenters. The highest BCUT2D eigenvalue weighted by Crippen LogP contribution is 2.18. The number of para-hydroxylation sites is 1. The van der Waals surface area contributed by atoms with Gasteiger partial charge >= 0.3 is 5.97 Å². The Hall–Kier alpha value is -1.85. The number of nitrogens with two attached hydrogens (primary N) is 1. The second-order valence-electron chi connectivity index (χ2n) is 4.53. The lowest BCUT2D eigenvalue weighted by Crippen LogP contribution is -2.35. The zero-order valence-corrected chi connectivity index (χ0v) is 11.6. The molecule has 108 valence electrons. The molecule has 0 saturated heterocycles. The van der Waals surface area contributed by atoms with Gasteiger partial charge in [-0.3, -0.25) is 4.79 Å². The van der Waals surface area contributed by atoms with E-state index in [2.05, 4.69) is 4.98 Å². The number of nitrogens with one attached hydrogen (secondary N) is 1. The highest BCUT2D eigenvalue weighted by molar-refractivity contribution is 5.84. The molecule has 3 N–H and O–H groups in total. The number of ether oxygens (including phenoxy) is 2. The molecule has 0 spiro atoms. The molecule has 1 aromatic carbocycles. The standard InChI is InChI=1S/C15H20N2O3/c1-2-19-7-8-20-15(18)13(16)9-11-10-17-14-6-4-3-5-12(11)14/h3-6,10,13,17H,2,7-9,16H2,1H3. The maximum Gasteiger partial charge on any atom is 0.323 e. The summed E-state index contributed by atoms with van der Waals surface area (Å²) in [5.41, 5.74) is 7.95. The van der Waals surface area contributed by atoms with Crippen LogP contribution < -0.4 is 5.73 Å². The third-order valence-electron chi connectivity index (χ3n) is 3.09. The first-order chi connectivity index (χ1) is 9.72. The van der Waals surface area contributed by atoms with E-state index in [4.69, 9.17) is 15.2 Å². The van der Waals surface area contributed by atoms with E-state index in [1.807, 2.05) is 37.4 Å². The number of fused-ring (bicyclic) bond motifs is 1. The fraction of sp³-hybridized carbons (Fsp3) is 0.400. The van der Waals surface area contributed by atoms with Crippen LogP contribution in [0.25, 0.3) is 10.9 Å². The van der Waals surface area contributed by atoms with Gasteiger partial charge in [0, 0.05) is 30.1 Å². The van der Waals surface area contributed by atoms with Crippen molar-refractivity contribution < 1.29 is 14.3 Å². The lowest BCUT2D eigenvalue weighted by molar-refractivity contribution is -0.146. The van der Waals surface area contributed by atoms with Gasteiger partial charge in [0.05, 0.1) is 6.61 Å². The van der Waals surface area contributed by atoms with Crippen molar-refractivity contribution in [3.05, 3.63) is 36.0 Å². The Labute approximate surface area is 118 Å². The van der Waals surface area contributed by atoms with Crippen LogP contribution in [0, 0.1) is 0 Å². The number of carbonyl (C=O) groups is 1. The number of H-pyrrole nitrogens is 1. The van der Waals surface area contributed by atoms with Crippen molar-refractivity contribution in [2.24, 2.45) is 5.73 Å². The van der Waals surface area contributed by atoms with Gasteiger partial charge in [-0.05, 0) is 18.6 Å². The molecule has 0 saturated carbocycles. The van der Waals surface area contributed by atoms with Gasteiger partial charge in [-0.1, -0.05) is 18.2 Å². The SMILES string of the molecule is CCOCCOC(=O)C(N)Cc1c[nH]c2ccccc12. The number of hydrogen-bond acceptors (Lipinski definition) is 4. The minimum absolute atomic E-state index is 0.244. The first-order valence-corrected chi connectivity index (χ1v) is 6.77. The van der Waals surface area contributed by atoms with E-state index in [1.54, 1.807) is 0 Å². The van der Waals surface area contributed by atoms with Crippen molar-refractivity contribution in [2.75, 3.05) is 19.8 Å². The third kappa shape index (κ3) is 3.59. The van der Waals surface area contributed by atoms with Crippen molar-refractivity contribution in [2.45, 2.75) is 19.4 Å². The number of carbonyl (C=O) groups excluding carboxylic acids is 1. The van der Waals surface area contributed by atoms with Crippen LogP contribution in [0.4, 0.5) is 0 Å². The third-order valence-corrected chi connectivity index (χ3v) is 3.09. The van der Waals surface area contributed by atoms with Crippen LogP contribution in [0.3, 0.4) is 0 Å². The van der Waals surface area contributed by atoms with E-state index in [1.165, 1.54) is 0 Å². The summed E-state index contributed by atoms with van der Waals surface area (Å²) >= 11 is 0. The monoisotopic (exact) mass is 276 g/mol. The molecule has 1 atom stereocenters. The van der Waals surface area contributed by atoms with E-state index < -0.39 is 12.0 Å². The zero-order valence-electron chi connectivity index (χ0n) is 11.6. The topological polar surface area (TPSA) is 77.3 Å². The Morgan fingerprint density at radius 1 is 1.35 bits per heavy atom. The van der Waals surface area contributed by atoms with Crippen molar-refractivity contribution in [3.8, 4) is 0 Å². The number of rotatable bonds is 7. The summed E-state index contributed by atoms with van der Waals surface area (Å²) in [6, 6.07) is 7.27. The lowest BCUT2D eigenvalue weighted by Gasteiger charge is -2.11. The number of aromatic amines is 1. The van der Waals surface area contributed by atoms with Crippen molar-refractivity contribution >= 4 is 16.9 Å². The van der Waals surface area contributed by atoms with Crippen LogP contribution >= 0.6 is 0 Å². The number of aromatic nitrogens is 1. The van der Waals surface area contributed by atoms with Crippen LogP contribution in [0.5, 0.6) is 0 Å². The first kappa shape index (κ1) is 14.6. The summed E-state index contributed by atoms with van der Waals surface area (Å²) in [6.07, 6.45) is 2.34. The minimum atomic E-state index is -0.657. The molecule has 5 heteroatoms. The molecular formula is C15H20N2O3.